The molecule has 0 unspecified atom stereocenters. The van der Waals surface area contributed by atoms with Crippen LogP contribution in [-0.4, -0.2) is 52.3 Å². The number of fused-ring (bicyclic) bond motifs is 1. The first-order chi connectivity index (χ1) is 19.1. The molecule has 1 aliphatic carbocycles. The lowest BCUT2D eigenvalue weighted by Gasteiger charge is -2.47. The number of ether oxygens (including phenoxy) is 1. The van der Waals surface area contributed by atoms with Crippen LogP contribution in [0.25, 0.3) is 10.9 Å². The Morgan fingerprint density at radius 1 is 1.20 bits per heavy atom. The summed E-state index contributed by atoms with van der Waals surface area (Å²) in [6, 6.07) is 10.6. The van der Waals surface area contributed by atoms with Gasteiger partial charge < -0.3 is 14.9 Å². The molecule has 1 aromatic heterocycles. The summed E-state index contributed by atoms with van der Waals surface area (Å²) < 4.78 is 59.2. The van der Waals surface area contributed by atoms with E-state index in [2.05, 4.69) is 9.88 Å². The fourth-order valence-electron chi connectivity index (χ4n) is 6.30. The van der Waals surface area contributed by atoms with E-state index in [4.69, 9.17) is 4.74 Å². The Hall–Kier alpha value is -3.24. The summed E-state index contributed by atoms with van der Waals surface area (Å²) in [7, 11) is 1.57. The van der Waals surface area contributed by atoms with Gasteiger partial charge in [0, 0.05) is 24.2 Å². The Morgan fingerprint density at radius 2 is 1.98 bits per heavy atom. The highest BCUT2D eigenvalue weighted by atomic mass is 19.4. The summed E-state index contributed by atoms with van der Waals surface area (Å²) in [5.74, 6) is -2.52. The molecule has 0 radical (unpaired) electrons. The van der Waals surface area contributed by atoms with Crippen LogP contribution in [0, 0.1) is 17.7 Å². The number of nitrogens with zero attached hydrogens (tertiary/aromatic N) is 2. The van der Waals surface area contributed by atoms with Gasteiger partial charge in [0.25, 0.3) is 0 Å². The number of aromatic nitrogens is 1. The second kappa shape index (κ2) is 11.3. The number of rotatable bonds is 8. The first kappa shape index (κ1) is 28.3. The van der Waals surface area contributed by atoms with Crippen molar-refractivity contribution >= 4 is 16.9 Å². The van der Waals surface area contributed by atoms with Crippen LogP contribution >= 0.6 is 0 Å². The van der Waals surface area contributed by atoms with Crippen molar-refractivity contribution in [1.29, 1.82) is 0 Å². The highest BCUT2D eigenvalue weighted by Crippen LogP contribution is 2.45. The van der Waals surface area contributed by atoms with Crippen LogP contribution in [0.3, 0.4) is 0 Å². The molecule has 2 aliphatic rings. The maximum absolute atomic E-state index is 14.6. The number of piperidine rings is 1. The lowest BCUT2D eigenvalue weighted by Crippen LogP contribution is -2.52. The van der Waals surface area contributed by atoms with Gasteiger partial charge in [-0.1, -0.05) is 12.1 Å². The standard InChI is InChI=1S/C30H32F4N2O4/c1-40-20-6-7-26-23(15-20)22(9-11-35-26)27(37)8-5-17-10-12-36(16-24(17)29(38)39)19-13-18(14-19)21-3-2-4-25(28(21)31)30(32,33)34/h2-4,6-7,9,11,15,17-19,24,27,37H,5,8,10,12-14,16H2,1H3,(H,38,39)/t17-,18?,19?,24+,27+/m1/s1. The molecule has 2 heterocycles. The average molecular weight is 561 g/mol. The van der Waals surface area contributed by atoms with Crippen molar-refractivity contribution in [1.82, 2.24) is 9.88 Å². The second-order valence-electron chi connectivity index (χ2n) is 10.9. The lowest BCUT2D eigenvalue weighted by molar-refractivity contribution is -0.147. The molecule has 0 amide bonds. The van der Waals surface area contributed by atoms with Crippen LogP contribution in [0.5, 0.6) is 5.75 Å². The van der Waals surface area contributed by atoms with E-state index in [-0.39, 0.29) is 23.4 Å². The van der Waals surface area contributed by atoms with Gasteiger partial charge in [-0.3, -0.25) is 14.7 Å². The number of halogens is 4. The third-order valence-electron chi connectivity index (χ3n) is 8.66. The third-order valence-corrected chi connectivity index (χ3v) is 8.66. The van der Waals surface area contributed by atoms with Crippen LogP contribution in [0.2, 0.25) is 0 Å². The molecule has 3 aromatic rings. The molecular weight excluding hydrogens is 528 g/mol. The zero-order valence-electron chi connectivity index (χ0n) is 22.1. The fourth-order valence-corrected chi connectivity index (χ4v) is 6.30. The Kier molecular flexibility index (Phi) is 8.01. The fraction of sp³-hybridized carbons (Fsp3) is 0.467. The van der Waals surface area contributed by atoms with Crippen molar-refractivity contribution in [3.63, 3.8) is 0 Å². The van der Waals surface area contributed by atoms with Crippen LogP contribution in [0.1, 0.15) is 60.8 Å². The minimum atomic E-state index is -4.75. The van der Waals surface area contributed by atoms with E-state index in [0.717, 1.165) is 22.5 Å². The number of pyridine rings is 1. The molecule has 10 heteroatoms. The van der Waals surface area contributed by atoms with Gasteiger partial charge in [0.1, 0.15) is 11.6 Å². The molecule has 5 rings (SSSR count). The minimum absolute atomic E-state index is 0.00509. The Labute approximate surface area is 229 Å². The Balaban J connectivity index is 1.20. The average Bonchev–Trinajstić information content (AvgIpc) is 2.90. The SMILES string of the molecule is COc1ccc2nccc([C@@H](O)CC[C@@H]3CCN(C4CC(c5cccc(C(F)(F)F)c5F)C4)C[C@@H]3C(=O)O)c2c1. The molecule has 40 heavy (non-hydrogen) atoms. The van der Waals surface area contributed by atoms with Crippen molar-refractivity contribution in [2.24, 2.45) is 11.8 Å². The number of hydrogen-bond acceptors (Lipinski definition) is 5. The largest absolute Gasteiger partial charge is 0.497 e. The maximum atomic E-state index is 14.6. The van der Waals surface area contributed by atoms with Crippen LogP contribution in [-0.2, 0) is 11.0 Å². The molecule has 1 saturated carbocycles. The summed E-state index contributed by atoms with van der Waals surface area (Å²) in [4.78, 5) is 18.6. The number of likely N-dealkylation sites (tertiary alicyclic amines) is 1. The van der Waals surface area contributed by atoms with E-state index >= 15 is 0 Å². The lowest BCUT2D eigenvalue weighted by atomic mass is 9.72. The summed E-state index contributed by atoms with van der Waals surface area (Å²) in [5.41, 5.74) is 0.278. The molecule has 1 saturated heterocycles. The van der Waals surface area contributed by atoms with Gasteiger partial charge in [-0.2, -0.15) is 13.2 Å². The predicted molar refractivity (Wildman–Crippen MR) is 140 cm³/mol. The third kappa shape index (κ3) is 5.65. The van der Waals surface area contributed by atoms with Crippen LogP contribution in [0.15, 0.2) is 48.7 Å². The molecule has 2 aromatic carbocycles. The number of aliphatic hydroxyl groups excluding tert-OH is 1. The van der Waals surface area contributed by atoms with Gasteiger partial charge >= 0.3 is 12.1 Å². The van der Waals surface area contributed by atoms with E-state index in [1.807, 2.05) is 12.1 Å². The van der Waals surface area contributed by atoms with Gasteiger partial charge in [-0.15, -0.1) is 0 Å². The van der Waals surface area contributed by atoms with Gasteiger partial charge in [0.15, 0.2) is 0 Å². The quantitative estimate of drug-likeness (QED) is 0.320. The molecule has 0 spiro atoms. The first-order valence-electron chi connectivity index (χ1n) is 13.5. The minimum Gasteiger partial charge on any atom is -0.497 e. The number of carbonyl (C=O) groups is 1. The molecule has 6 nitrogen and oxygen atoms in total. The number of hydrogen-bond donors (Lipinski definition) is 2. The molecule has 214 valence electrons. The second-order valence-corrected chi connectivity index (χ2v) is 10.9. The number of alkyl halides is 3. The van der Waals surface area contributed by atoms with Crippen molar-refractivity contribution in [2.75, 3.05) is 20.2 Å². The summed E-state index contributed by atoms with van der Waals surface area (Å²) >= 11 is 0. The summed E-state index contributed by atoms with van der Waals surface area (Å²) in [5, 5.41) is 21.8. The maximum Gasteiger partial charge on any atom is 0.419 e. The molecular formula is C30H32F4N2O4. The predicted octanol–water partition coefficient (Wildman–Crippen LogP) is 6.18. The summed E-state index contributed by atoms with van der Waals surface area (Å²) in [6.07, 6.45) is -1.35. The van der Waals surface area contributed by atoms with Gasteiger partial charge in [0.2, 0.25) is 0 Å². The van der Waals surface area contributed by atoms with Crippen molar-refractivity contribution in [3.8, 4) is 5.75 Å². The number of aliphatic hydroxyl groups is 1. The Morgan fingerprint density at radius 3 is 2.67 bits per heavy atom. The normalized spacial score (nSPS) is 24.4. The van der Waals surface area contributed by atoms with Crippen LogP contribution in [0.4, 0.5) is 17.6 Å². The van der Waals surface area contributed by atoms with Crippen molar-refractivity contribution < 1.29 is 37.3 Å². The smallest absolute Gasteiger partial charge is 0.419 e. The van der Waals surface area contributed by atoms with Gasteiger partial charge in [-0.05, 0) is 91.9 Å². The monoisotopic (exact) mass is 560 g/mol. The number of benzene rings is 2. The number of aliphatic carboxylic acids is 1. The van der Waals surface area contributed by atoms with E-state index < -0.39 is 35.5 Å². The van der Waals surface area contributed by atoms with E-state index in [0.29, 0.717) is 50.9 Å². The zero-order valence-corrected chi connectivity index (χ0v) is 22.1. The van der Waals surface area contributed by atoms with Crippen molar-refractivity contribution in [3.05, 3.63) is 71.2 Å². The Bertz CT molecular complexity index is 1380. The topological polar surface area (TPSA) is 82.9 Å². The number of carboxylic acids is 1. The summed E-state index contributed by atoms with van der Waals surface area (Å²) in [6.45, 7) is 0.982. The zero-order chi connectivity index (χ0) is 28.6. The molecule has 2 fully saturated rings. The van der Waals surface area contributed by atoms with Crippen molar-refractivity contribution in [2.45, 2.75) is 56.3 Å². The highest BCUT2D eigenvalue weighted by Gasteiger charge is 2.43. The van der Waals surface area contributed by atoms with Gasteiger partial charge in [-0.25, -0.2) is 4.39 Å². The molecule has 1 aliphatic heterocycles. The van der Waals surface area contributed by atoms with E-state index in [1.165, 1.54) is 12.1 Å². The van der Waals surface area contributed by atoms with E-state index in [9.17, 15) is 32.6 Å². The first-order valence-corrected chi connectivity index (χ1v) is 13.5. The molecule has 2 N–H and O–H groups in total. The van der Waals surface area contributed by atoms with Crippen LogP contribution < -0.4 is 4.74 Å². The molecule has 3 atom stereocenters. The number of carboxylic acid groups (broad SMARTS) is 1. The highest BCUT2D eigenvalue weighted by molar-refractivity contribution is 5.83. The van der Waals surface area contributed by atoms with Gasteiger partial charge in [0.05, 0.1) is 30.2 Å². The van der Waals surface area contributed by atoms with E-state index in [1.54, 1.807) is 25.4 Å². The molecule has 0 bridgehead atoms. The number of methoxy groups -OCH3 is 1.